The lowest BCUT2D eigenvalue weighted by Gasteiger charge is -2.17. The van der Waals surface area contributed by atoms with Gasteiger partial charge in [0.25, 0.3) is 0 Å². The zero-order chi connectivity index (χ0) is 13.2. The molecule has 2 nitrogen and oxygen atoms in total. The van der Waals surface area contributed by atoms with Crippen molar-refractivity contribution >= 4 is 0 Å². The number of nitrogens with zero attached hydrogens (tertiary/aromatic N) is 1. The highest BCUT2D eigenvalue weighted by atomic mass is 15.1. The van der Waals surface area contributed by atoms with E-state index in [1.165, 1.54) is 36.8 Å². The second-order valence-corrected chi connectivity index (χ2v) is 6.47. The van der Waals surface area contributed by atoms with Gasteiger partial charge in [0.05, 0.1) is 0 Å². The van der Waals surface area contributed by atoms with Gasteiger partial charge >= 0.3 is 0 Å². The maximum absolute atomic E-state index is 3.62. The van der Waals surface area contributed by atoms with Gasteiger partial charge in [0.2, 0.25) is 0 Å². The molecule has 2 heteroatoms. The van der Waals surface area contributed by atoms with Crippen molar-refractivity contribution in [3.63, 3.8) is 0 Å². The predicted molar refractivity (Wildman–Crippen MR) is 80.4 cm³/mol. The zero-order valence-corrected chi connectivity index (χ0v) is 12.2. The molecule has 3 rings (SSSR count). The third-order valence-electron chi connectivity index (χ3n) is 4.44. The molecule has 2 fully saturated rings. The summed E-state index contributed by atoms with van der Waals surface area (Å²) in [6, 6.07) is 10.9. The van der Waals surface area contributed by atoms with Crippen molar-refractivity contribution in [2.45, 2.75) is 57.2 Å². The topological polar surface area (TPSA) is 15.3 Å². The van der Waals surface area contributed by atoms with E-state index >= 15 is 0 Å². The van der Waals surface area contributed by atoms with Crippen LogP contribution in [0.1, 0.15) is 49.7 Å². The van der Waals surface area contributed by atoms with Gasteiger partial charge in [-0.1, -0.05) is 31.2 Å². The van der Waals surface area contributed by atoms with E-state index in [1.54, 1.807) is 0 Å². The van der Waals surface area contributed by atoms with Gasteiger partial charge in [0.15, 0.2) is 0 Å². The van der Waals surface area contributed by atoms with E-state index < -0.39 is 0 Å². The molecule has 2 aliphatic rings. The fourth-order valence-corrected chi connectivity index (χ4v) is 2.63. The molecule has 0 bridgehead atoms. The number of nitrogens with one attached hydrogen (secondary N) is 1. The summed E-state index contributed by atoms with van der Waals surface area (Å²) in [5.41, 5.74) is 2.91. The third-order valence-corrected chi connectivity index (χ3v) is 4.44. The molecule has 0 saturated heterocycles. The summed E-state index contributed by atoms with van der Waals surface area (Å²) in [7, 11) is 2.24. The highest BCUT2D eigenvalue weighted by molar-refractivity contribution is 5.25. The van der Waals surface area contributed by atoms with Crippen molar-refractivity contribution in [2.24, 2.45) is 0 Å². The van der Waals surface area contributed by atoms with Crippen molar-refractivity contribution < 1.29 is 0 Å². The number of hydrogen-bond acceptors (Lipinski definition) is 2. The van der Waals surface area contributed by atoms with Crippen LogP contribution in [0.25, 0.3) is 0 Å². The largest absolute Gasteiger partial charge is 0.313 e. The fraction of sp³-hybridized carbons (Fsp3) is 0.647. The third kappa shape index (κ3) is 3.80. The van der Waals surface area contributed by atoms with Crippen LogP contribution in [0.3, 0.4) is 0 Å². The standard InChI is InChI=1S/C17H26N2/c1-13(11-18-16-7-8-16)15-5-3-14(4-6-15)12-19(2)17-9-10-17/h3-6,13,16-18H,7-12H2,1-2H3. The fourth-order valence-electron chi connectivity index (χ4n) is 2.63. The van der Waals surface area contributed by atoms with E-state index in [1.807, 2.05) is 0 Å². The monoisotopic (exact) mass is 258 g/mol. The molecular weight excluding hydrogens is 232 g/mol. The zero-order valence-electron chi connectivity index (χ0n) is 12.2. The first-order chi connectivity index (χ1) is 9.22. The number of benzene rings is 1. The maximum Gasteiger partial charge on any atom is 0.0233 e. The summed E-state index contributed by atoms with van der Waals surface area (Å²) in [5, 5.41) is 3.62. The van der Waals surface area contributed by atoms with Crippen LogP contribution in [0.4, 0.5) is 0 Å². The van der Waals surface area contributed by atoms with Gasteiger partial charge in [-0.3, -0.25) is 4.90 Å². The minimum Gasteiger partial charge on any atom is -0.313 e. The van der Waals surface area contributed by atoms with E-state index in [9.17, 15) is 0 Å². The van der Waals surface area contributed by atoms with Crippen LogP contribution in [0.2, 0.25) is 0 Å². The Hall–Kier alpha value is -0.860. The highest BCUT2D eigenvalue weighted by Gasteiger charge is 2.25. The molecule has 0 radical (unpaired) electrons. The summed E-state index contributed by atoms with van der Waals surface area (Å²) in [4.78, 5) is 2.48. The molecule has 0 heterocycles. The average molecular weight is 258 g/mol. The quantitative estimate of drug-likeness (QED) is 0.808. The summed E-state index contributed by atoms with van der Waals surface area (Å²) >= 11 is 0. The Bertz CT molecular complexity index is 404. The summed E-state index contributed by atoms with van der Waals surface area (Å²) < 4.78 is 0. The molecule has 104 valence electrons. The maximum atomic E-state index is 3.62. The van der Waals surface area contributed by atoms with Gasteiger partial charge in [-0.15, -0.1) is 0 Å². The average Bonchev–Trinajstić information content (AvgIpc) is 3.30. The molecule has 1 N–H and O–H groups in total. The van der Waals surface area contributed by atoms with Gasteiger partial charge in [-0.2, -0.15) is 0 Å². The summed E-state index contributed by atoms with van der Waals surface area (Å²) in [5.74, 6) is 0.621. The van der Waals surface area contributed by atoms with Crippen LogP contribution in [0.5, 0.6) is 0 Å². The molecule has 1 aromatic carbocycles. The Labute approximate surface area is 117 Å². The van der Waals surface area contributed by atoms with Gasteiger partial charge < -0.3 is 5.32 Å². The second-order valence-electron chi connectivity index (χ2n) is 6.47. The van der Waals surface area contributed by atoms with E-state index in [0.29, 0.717) is 5.92 Å². The van der Waals surface area contributed by atoms with E-state index in [-0.39, 0.29) is 0 Å². The molecule has 19 heavy (non-hydrogen) atoms. The van der Waals surface area contributed by atoms with Crippen LogP contribution >= 0.6 is 0 Å². The minimum absolute atomic E-state index is 0.621. The molecule has 1 unspecified atom stereocenters. The number of hydrogen-bond donors (Lipinski definition) is 1. The van der Waals surface area contributed by atoms with Crippen molar-refractivity contribution in [1.82, 2.24) is 10.2 Å². The second kappa shape index (κ2) is 5.64. The van der Waals surface area contributed by atoms with Crippen LogP contribution < -0.4 is 5.32 Å². The van der Waals surface area contributed by atoms with Gasteiger partial charge in [0, 0.05) is 25.2 Å². The van der Waals surface area contributed by atoms with Crippen LogP contribution in [0.15, 0.2) is 24.3 Å². The molecule has 1 atom stereocenters. The molecule has 0 amide bonds. The normalized spacial score (nSPS) is 20.8. The lowest BCUT2D eigenvalue weighted by Crippen LogP contribution is -2.22. The Kier molecular flexibility index (Phi) is 3.90. The van der Waals surface area contributed by atoms with Crippen molar-refractivity contribution in [1.29, 1.82) is 0 Å². The predicted octanol–water partition coefficient (Wildman–Crippen LogP) is 3.14. The SMILES string of the molecule is CC(CNC1CC1)c1ccc(CN(C)C2CC2)cc1. The first kappa shape index (κ1) is 13.1. The van der Waals surface area contributed by atoms with Crippen LogP contribution in [-0.2, 0) is 6.54 Å². The van der Waals surface area contributed by atoms with Gasteiger partial charge in [-0.05, 0) is 49.8 Å². The molecule has 0 aliphatic heterocycles. The van der Waals surface area contributed by atoms with Crippen LogP contribution in [0, 0.1) is 0 Å². The Morgan fingerprint density at radius 3 is 2.42 bits per heavy atom. The van der Waals surface area contributed by atoms with Gasteiger partial charge in [-0.25, -0.2) is 0 Å². The first-order valence-electron chi connectivity index (χ1n) is 7.75. The molecule has 1 aromatic rings. The lowest BCUT2D eigenvalue weighted by molar-refractivity contribution is 0.316. The summed E-state index contributed by atoms with van der Waals surface area (Å²) in [6.45, 7) is 4.53. The molecule has 2 saturated carbocycles. The van der Waals surface area contributed by atoms with E-state index in [2.05, 4.69) is 48.5 Å². The van der Waals surface area contributed by atoms with Crippen molar-refractivity contribution in [2.75, 3.05) is 13.6 Å². The first-order valence-corrected chi connectivity index (χ1v) is 7.75. The highest BCUT2D eigenvalue weighted by Crippen LogP contribution is 2.27. The van der Waals surface area contributed by atoms with Crippen molar-refractivity contribution in [3.05, 3.63) is 35.4 Å². The summed E-state index contributed by atoms with van der Waals surface area (Å²) in [6.07, 6.45) is 5.52. The molecule has 2 aliphatic carbocycles. The lowest BCUT2D eigenvalue weighted by atomic mass is 9.99. The minimum atomic E-state index is 0.621. The molecule has 0 spiro atoms. The Balaban J connectivity index is 1.51. The van der Waals surface area contributed by atoms with E-state index in [0.717, 1.165) is 25.2 Å². The van der Waals surface area contributed by atoms with E-state index in [4.69, 9.17) is 0 Å². The van der Waals surface area contributed by atoms with Gasteiger partial charge in [0.1, 0.15) is 0 Å². The smallest absolute Gasteiger partial charge is 0.0233 e. The number of rotatable bonds is 7. The Morgan fingerprint density at radius 1 is 1.16 bits per heavy atom. The molecular formula is C17H26N2. The molecule has 0 aromatic heterocycles. The van der Waals surface area contributed by atoms with Crippen LogP contribution in [-0.4, -0.2) is 30.6 Å². The van der Waals surface area contributed by atoms with Crippen molar-refractivity contribution in [3.8, 4) is 0 Å². The Morgan fingerprint density at radius 2 is 1.84 bits per heavy atom.